The third-order valence-electron chi connectivity index (χ3n) is 4.67. The van der Waals surface area contributed by atoms with Crippen molar-refractivity contribution in [3.8, 4) is 0 Å². The molecular formula is C15H25N3O2. The zero-order valence-corrected chi connectivity index (χ0v) is 12.5. The SMILES string of the molecule is Cc1nccn1CCN(C)C1(CC(=O)O)CCCCC1. The number of imidazole rings is 1. The van der Waals surface area contributed by atoms with E-state index >= 15 is 0 Å². The molecule has 1 aromatic rings. The molecule has 1 heterocycles. The lowest BCUT2D eigenvalue weighted by molar-refractivity contribution is -0.141. The Hall–Kier alpha value is -1.36. The van der Waals surface area contributed by atoms with Crippen molar-refractivity contribution < 1.29 is 9.90 Å². The molecule has 0 amide bonds. The summed E-state index contributed by atoms with van der Waals surface area (Å²) < 4.78 is 2.12. The van der Waals surface area contributed by atoms with Crippen LogP contribution in [0.25, 0.3) is 0 Å². The Morgan fingerprint density at radius 1 is 1.45 bits per heavy atom. The summed E-state index contributed by atoms with van der Waals surface area (Å²) in [5.74, 6) is 0.326. The summed E-state index contributed by atoms with van der Waals surface area (Å²) in [6, 6.07) is 0. The van der Waals surface area contributed by atoms with Crippen LogP contribution in [0.3, 0.4) is 0 Å². The second-order valence-corrected chi connectivity index (χ2v) is 5.94. The monoisotopic (exact) mass is 279 g/mol. The van der Waals surface area contributed by atoms with E-state index in [-0.39, 0.29) is 12.0 Å². The molecule has 1 saturated carbocycles. The molecule has 5 nitrogen and oxygen atoms in total. The number of carbonyl (C=O) groups is 1. The molecule has 0 spiro atoms. The Morgan fingerprint density at radius 2 is 2.15 bits per heavy atom. The largest absolute Gasteiger partial charge is 0.481 e. The molecule has 0 radical (unpaired) electrons. The van der Waals surface area contributed by atoms with Gasteiger partial charge in [0, 0.05) is 31.0 Å². The number of likely N-dealkylation sites (N-methyl/N-ethyl adjacent to an activating group) is 1. The molecule has 0 aromatic carbocycles. The van der Waals surface area contributed by atoms with Crippen molar-refractivity contribution in [2.24, 2.45) is 0 Å². The molecule has 1 aliphatic rings. The van der Waals surface area contributed by atoms with Gasteiger partial charge in [0.15, 0.2) is 0 Å². The molecule has 0 unspecified atom stereocenters. The van der Waals surface area contributed by atoms with Crippen LogP contribution in [0, 0.1) is 6.92 Å². The standard InChI is InChI=1S/C15H25N3O2/c1-13-16-8-9-18(13)11-10-17(2)15(12-14(19)20)6-4-3-5-7-15/h8-9H,3-7,10-12H2,1-2H3,(H,19,20). The number of aromatic nitrogens is 2. The van der Waals surface area contributed by atoms with E-state index in [1.165, 1.54) is 6.42 Å². The van der Waals surface area contributed by atoms with E-state index in [1.54, 1.807) is 0 Å². The van der Waals surface area contributed by atoms with Crippen LogP contribution < -0.4 is 0 Å². The highest BCUT2D eigenvalue weighted by Gasteiger charge is 2.37. The van der Waals surface area contributed by atoms with Crippen LogP contribution in [0.4, 0.5) is 0 Å². The lowest BCUT2D eigenvalue weighted by Crippen LogP contribution is -2.50. The van der Waals surface area contributed by atoms with E-state index in [4.69, 9.17) is 0 Å². The zero-order valence-electron chi connectivity index (χ0n) is 12.5. The third-order valence-corrected chi connectivity index (χ3v) is 4.67. The van der Waals surface area contributed by atoms with Gasteiger partial charge < -0.3 is 9.67 Å². The summed E-state index contributed by atoms with van der Waals surface area (Å²) in [5.41, 5.74) is -0.154. The van der Waals surface area contributed by atoms with Gasteiger partial charge in [0.25, 0.3) is 0 Å². The summed E-state index contributed by atoms with van der Waals surface area (Å²) in [6.07, 6.45) is 9.56. The predicted molar refractivity (Wildman–Crippen MR) is 77.7 cm³/mol. The summed E-state index contributed by atoms with van der Waals surface area (Å²) >= 11 is 0. The van der Waals surface area contributed by atoms with Gasteiger partial charge in [0.1, 0.15) is 5.82 Å². The second-order valence-electron chi connectivity index (χ2n) is 5.94. The highest BCUT2D eigenvalue weighted by Crippen LogP contribution is 2.35. The predicted octanol–water partition coefficient (Wildman–Crippen LogP) is 2.30. The highest BCUT2D eigenvalue weighted by atomic mass is 16.4. The first-order valence-corrected chi connectivity index (χ1v) is 7.44. The number of hydrogen-bond donors (Lipinski definition) is 1. The van der Waals surface area contributed by atoms with Gasteiger partial charge in [-0.1, -0.05) is 19.3 Å². The minimum absolute atomic E-state index is 0.154. The minimum atomic E-state index is -0.683. The van der Waals surface area contributed by atoms with Crippen molar-refractivity contribution in [3.05, 3.63) is 18.2 Å². The van der Waals surface area contributed by atoms with Gasteiger partial charge in [-0.2, -0.15) is 0 Å². The number of aliphatic carboxylic acids is 1. The molecule has 0 saturated heterocycles. The van der Waals surface area contributed by atoms with Crippen LogP contribution in [0.15, 0.2) is 12.4 Å². The Bertz CT molecular complexity index is 450. The summed E-state index contributed by atoms with van der Waals surface area (Å²) in [4.78, 5) is 17.7. The van der Waals surface area contributed by atoms with E-state index in [0.717, 1.165) is 44.6 Å². The van der Waals surface area contributed by atoms with E-state index < -0.39 is 5.97 Å². The van der Waals surface area contributed by atoms with Crippen LogP contribution in [-0.2, 0) is 11.3 Å². The number of carboxylic acid groups (broad SMARTS) is 1. The van der Waals surface area contributed by atoms with E-state index in [0.29, 0.717) is 0 Å². The van der Waals surface area contributed by atoms with Crippen molar-refractivity contribution >= 4 is 5.97 Å². The van der Waals surface area contributed by atoms with Crippen LogP contribution in [0.2, 0.25) is 0 Å². The molecule has 1 fully saturated rings. The number of carboxylic acids is 1. The maximum absolute atomic E-state index is 11.2. The molecule has 0 atom stereocenters. The fraction of sp³-hybridized carbons (Fsp3) is 0.733. The first-order chi connectivity index (χ1) is 9.53. The summed E-state index contributed by atoms with van der Waals surface area (Å²) in [5, 5.41) is 9.23. The average molecular weight is 279 g/mol. The van der Waals surface area contributed by atoms with Gasteiger partial charge >= 0.3 is 5.97 Å². The summed E-state index contributed by atoms with van der Waals surface area (Å²) in [6.45, 7) is 3.72. The normalized spacial score (nSPS) is 18.4. The Labute approximate surface area is 120 Å². The van der Waals surface area contributed by atoms with Crippen molar-refractivity contribution in [1.82, 2.24) is 14.5 Å². The Morgan fingerprint density at radius 3 is 2.70 bits per heavy atom. The van der Waals surface area contributed by atoms with E-state index in [1.807, 2.05) is 19.3 Å². The van der Waals surface area contributed by atoms with Crippen LogP contribution in [-0.4, -0.2) is 44.7 Å². The van der Waals surface area contributed by atoms with Gasteiger partial charge in [-0.3, -0.25) is 9.69 Å². The van der Waals surface area contributed by atoms with Gasteiger partial charge in [0.05, 0.1) is 6.42 Å². The molecule has 5 heteroatoms. The second kappa shape index (κ2) is 6.39. The van der Waals surface area contributed by atoms with Gasteiger partial charge in [-0.15, -0.1) is 0 Å². The number of aryl methyl sites for hydroxylation is 1. The number of rotatable bonds is 6. The molecule has 1 N–H and O–H groups in total. The minimum Gasteiger partial charge on any atom is -0.481 e. The van der Waals surface area contributed by atoms with Crippen molar-refractivity contribution in [3.63, 3.8) is 0 Å². The van der Waals surface area contributed by atoms with Crippen molar-refractivity contribution in [2.75, 3.05) is 13.6 Å². The fourth-order valence-electron chi connectivity index (χ4n) is 3.32. The molecular weight excluding hydrogens is 254 g/mol. The first-order valence-electron chi connectivity index (χ1n) is 7.44. The Balaban J connectivity index is 2.00. The zero-order chi connectivity index (χ0) is 14.6. The molecule has 1 aliphatic carbocycles. The molecule has 20 heavy (non-hydrogen) atoms. The Kier molecular flexibility index (Phi) is 4.81. The number of nitrogens with zero attached hydrogens (tertiary/aromatic N) is 3. The topological polar surface area (TPSA) is 58.4 Å². The molecule has 1 aromatic heterocycles. The molecule has 0 bridgehead atoms. The lowest BCUT2D eigenvalue weighted by Gasteiger charge is -2.44. The molecule has 2 rings (SSSR count). The quantitative estimate of drug-likeness (QED) is 0.868. The molecule has 112 valence electrons. The number of hydrogen-bond acceptors (Lipinski definition) is 3. The maximum Gasteiger partial charge on any atom is 0.305 e. The first kappa shape index (κ1) is 15.0. The summed E-state index contributed by atoms with van der Waals surface area (Å²) in [7, 11) is 2.07. The average Bonchev–Trinajstić information content (AvgIpc) is 2.81. The maximum atomic E-state index is 11.2. The smallest absolute Gasteiger partial charge is 0.305 e. The van der Waals surface area contributed by atoms with Gasteiger partial charge in [0.2, 0.25) is 0 Å². The van der Waals surface area contributed by atoms with Crippen molar-refractivity contribution in [1.29, 1.82) is 0 Å². The van der Waals surface area contributed by atoms with Crippen LogP contribution in [0.5, 0.6) is 0 Å². The highest BCUT2D eigenvalue weighted by molar-refractivity contribution is 5.68. The third kappa shape index (κ3) is 3.39. The lowest BCUT2D eigenvalue weighted by atomic mass is 9.78. The van der Waals surface area contributed by atoms with E-state index in [9.17, 15) is 9.90 Å². The van der Waals surface area contributed by atoms with Gasteiger partial charge in [-0.05, 0) is 26.8 Å². The van der Waals surface area contributed by atoms with Crippen molar-refractivity contribution in [2.45, 2.75) is 57.5 Å². The van der Waals surface area contributed by atoms with Crippen LogP contribution in [0.1, 0.15) is 44.3 Å². The van der Waals surface area contributed by atoms with Crippen LogP contribution >= 0.6 is 0 Å². The fourth-order valence-corrected chi connectivity index (χ4v) is 3.32. The molecule has 0 aliphatic heterocycles. The van der Waals surface area contributed by atoms with Gasteiger partial charge in [-0.25, -0.2) is 4.98 Å². The van der Waals surface area contributed by atoms with E-state index in [2.05, 4.69) is 21.5 Å².